The summed E-state index contributed by atoms with van der Waals surface area (Å²) in [4.78, 5) is 7.10. The van der Waals surface area contributed by atoms with E-state index in [4.69, 9.17) is 0 Å². The molecule has 19 heavy (non-hydrogen) atoms. The lowest BCUT2D eigenvalue weighted by Crippen LogP contribution is -2.22. The minimum atomic E-state index is 0.780. The van der Waals surface area contributed by atoms with Crippen LogP contribution in [-0.4, -0.2) is 24.1 Å². The van der Waals surface area contributed by atoms with Gasteiger partial charge in [-0.05, 0) is 55.2 Å². The van der Waals surface area contributed by atoms with Gasteiger partial charge in [-0.3, -0.25) is 0 Å². The van der Waals surface area contributed by atoms with E-state index in [0.717, 1.165) is 24.4 Å². The summed E-state index contributed by atoms with van der Waals surface area (Å²) >= 11 is 0. The lowest BCUT2D eigenvalue weighted by Gasteiger charge is -2.19. The molecule has 1 aromatic rings. The SMILES string of the molecule is c1cc(CNC2CC2)cc(N2CC3CCCC3C2)n1. The van der Waals surface area contributed by atoms with Crippen LogP contribution in [0.25, 0.3) is 0 Å². The summed E-state index contributed by atoms with van der Waals surface area (Å²) in [7, 11) is 0. The summed E-state index contributed by atoms with van der Waals surface area (Å²) in [5.41, 5.74) is 1.38. The third-order valence-electron chi connectivity index (χ3n) is 5.03. The monoisotopic (exact) mass is 257 g/mol. The van der Waals surface area contributed by atoms with Crippen LogP contribution in [0.1, 0.15) is 37.7 Å². The molecule has 3 fully saturated rings. The van der Waals surface area contributed by atoms with Crippen molar-refractivity contribution in [2.24, 2.45) is 11.8 Å². The van der Waals surface area contributed by atoms with Crippen LogP contribution >= 0.6 is 0 Å². The fourth-order valence-electron chi connectivity index (χ4n) is 3.72. The lowest BCUT2D eigenvalue weighted by atomic mass is 10.0. The number of pyridine rings is 1. The Bertz CT molecular complexity index is 443. The van der Waals surface area contributed by atoms with Crippen molar-refractivity contribution in [1.29, 1.82) is 0 Å². The summed E-state index contributed by atoms with van der Waals surface area (Å²) in [6, 6.07) is 5.22. The predicted molar refractivity (Wildman–Crippen MR) is 77.1 cm³/mol. The molecule has 1 aromatic heterocycles. The molecule has 2 saturated carbocycles. The largest absolute Gasteiger partial charge is 0.356 e. The van der Waals surface area contributed by atoms with Crippen molar-refractivity contribution in [3.05, 3.63) is 23.9 Å². The van der Waals surface area contributed by atoms with Gasteiger partial charge in [-0.15, -0.1) is 0 Å². The zero-order chi connectivity index (χ0) is 12.7. The number of hydrogen-bond acceptors (Lipinski definition) is 3. The summed E-state index contributed by atoms with van der Waals surface area (Å²) in [5.74, 6) is 3.08. The molecule has 0 aromatic carbocycles. The minimum absolute atomic E-state index is 0.780. The van der Waals surface area contributed by atoms with Gasteiger partial charge in [-0.1, -0.05) is 6.42 Å². The van der Waals surface area contributed by atoms with E-state index in [-0.39, 0.29) is 0 Å². The second-order valence-corrected chi connectivity index (χ2v) is 6.53. The third kappa shape index (κ3) is 2.48. The average Bonchev–Trinajstić information content (AvgIpc) is 3.01. The van der Waals surface area contributed by atoms with Crippen LogP contribution in [0.15, 0.2) is 18.3 Å². The van der Waals surface area contributed by atoms with Crippen LogP contribution in [0.3, 0.4) is 0 Å². The fourth-order valence-corrected chi connectivity index (χ4v) is 3.72. The quantitative estimate of drug-likeness (QED) is 0.898. The van der Waals surface area contributed by atoms with Gasteiger partial charge in [0.1, 0.15) is 5.82 Å². The molecule has 1 N–H and O–H groups in total. The first-order valence-corrected chi connectivity index (χ1v) is 7.82. The van der Waals surface area contributed by atoms with Crippen molar-refractivity contribution in [1.82, 2.24) is 10.3 Å². The zero-order valence-corrected chi connectivity index (χ0v) is 11.5. The summed E-state index contributed by atoms with van der Waals surface area (Å²) < 4.78 is 0. The molecule has 3 nitrogen and oxygen atoms in total. The second kappa shape index (κ2) is 4.78. The van der Waals surface area contributed by atoms with Gasteiger partial charge in [0.15, 0.2) is 0 Å². The van der Waals surface area contributed by atoms with E-state index < -0.39 is 0 Å². The van der Waals surface area contributed by atoms with Crippen LogP contribution < -0.4 is 10.2 Å². The molecule has 0 amide bonds. The Morgan fingerprint density at radius 3 is 2.68 bits per heavy atom. The molecular formula is C16H23N3. The van der Waals surface area contributed by atoms with Crippen LogP contribution in [0.4, 0.5) is 5.82 Å². The maximum atomic E-state index is 4.59. The van der Waals surface area contributed by atoms with E-state index in [0.29, 0.717) is 0 Å². The van der Waals surface area contributed by atoms with Crippen LogP contribution in [0.2, 0.25) is 0 Å². The van der Waals surface area contributed by atoms with Gasteiger partial charge in [0.25, 0.3) is 0 Å². The van der Waals surface area contributed by atoms with Crippen molar-refractivity contribution >= 4 is 5.82 Å². The molecule has 2 unspecified atom stereocenters. The van der Waals surface area contributed by atoms with Crippen molar-refractivity contribution < 1.29 is 0 Å². The smallest absolute Gasteiger partial charge is 0.128 e. The van der Waals surface area contributed by atoms with Crippen LogP contribution in [0.5, 0.6) is 0 Å². The van der Waals surface area contributed by atoms with Crippen molar-refractivity contribution in [2.75, 3.05) is 18.0 Å². The number of nitrogens with one attached hydrogen (secondary N) is 1. The van der Waals surface area contributed by atoms with Crippen LogP contribution in [-0.2, 0) is 6.54 Å². The highest BCUT2D eigenvalue weighted by atomic mass is 15.2. The molecule has 0 spiro atoms. The summed E-state index contributed by atoms with van der Waals surface area (Å²) in [6.45, 7) is 3.47. The Labute approximate surface area is 115 Å². The molecular weight excluding hydrogens is 234 g/mol. The standard InChI is InChI=1S/C16H23N3/c1-2-13-10-19(11-14(13)3-1)16-8-12(6-7-17-16)9-18-15-4-5-15/h6-8,13-15,18H,1-5,9-11H2. The molecule has 1 aliphatic heterocycles. The van der Waals surface area contributed by atoms with Gasteiger partial charge >= 0.3 is 0 Å². The number of rotatable bonds is 4. The highest BCUT2D eigenvalue weighted by Crippen LogP contribution is 2.39. The topological polar surface area (TPSA) is 28.2 Å². The van der Waals surface area contributed by atoms with E-state index in [1.165, 1.54) is 56.6 Å². The van der Waals surface area contributed by atoms with Crippen molar-refractivity contribution in [2.45, 2.75) is 44.7 Å². The normalized spacial score (nSPS) is 29.8. The molecule has 102 valence electrons. The van der Waals surface area contributed by atoms with Gasteiger partial charge in [-0.25, -0.2) is 4.98 Å². The lowest BCUT2D eigenvalue weighted by molar-refractivity contribution is 0.494. The summed E-state index contributed by atoms with van der Waals surface area (Å²) in [6.07, 6.45) is 9.00. The first kappa shape index (κ1) is 11.7. The number of fused-ring (bicyclic) bond motifs is 1. The van der Waals surface area contributed by atoms with Gasteiger partial charge in [-0.2, -0.15) is 0 Å². The van der Waals surface area contributed by atoms with E-state index in [9.17, 15) is 0 Å². The summed E-state index contributed by atoms with van der Waals surface area (Å²) in [5, 5.41) is 3.58. The van der Waals surface area contributed by atoms with Gasteiger partial charge in [0, 0.05) is 31.9 Å². The fraction of sp³-hybridized carbons (Fsp3) is 0.688. The highest BCUT2D eigenvalue weighted by Gasteiger charge is 2.36. The number of aromatic nitrogens is 1. The molecule has 2 aliphatic carbocycles. The molecule has 1 saturated heterocycles. The molecule has 2 heterocycles. The number of anilines is 1. The Balaban J connectivity index is 1.43. The maximum absolute atomic E-state index is 4.59. The Morgan fingerprint density at radius 1 is 1.16 bits per heavy atom. The molecule has 4 rings (SSSR count). The first-order chi connectivity index (χ1) is 9.38. The van der Waals surface area contributed by atoms with E-state index in [2.05, 4.69) is 27.3 Å². The van der Waals surface area contributed by atoms with E-state index >= 15 is 0 Å². The molecule has 3 aliphatic rings. The van der Waals surface area contributed by atoms with Crippen molar-refractivity contribution in [3.63, 3.8) is 0 Å². The van der Waals surface area contributed by atoms with E-state index in [1.54, 1.807) is 0 Å². The predicted octanol–water partition coefficient (Wildman–Crippen LogP) is 2.57. The van der Waals surface area contributed by atoms with Gasteiger partial charge in [0.05, 0.1) is 0 Å². The Hall–Kier alpha value is -1.09. The number of hydrogen-bond donors (Lipinski definition) is 1. The van der Waals surface area contributed by atoms with Gasteiger partial charge in [0.2, 0.25) is 0 Å². The zero-order valence-electron chi connectivity index (χ0n) is 11.5. The third-order valence-corrected chi connectivity index (χ3v) is 5.03. The highest BCUT2D eigenvalue weighted by molar-refractivity contribution is 5.42. The second-order valence-electron chi connectivity index (χ2n) is 6.53. The molecule has 3 heteroatoms. The minimum Gasteiger partial charge on any atom is -0.356 e. The molecule has 0 radical (unpaired) electrons. The Kier molecular flexibility index (Phi) is 2.95. The molecule has 0 bridgehead atoms. The van der Waals surface area contributed by atoms with Crippen molar-refractivity contribution in [3.8, 4) is 0 Å². The number of nitrogens with zero attached hydrogens (tertiary/aromatic N) is 2. The van der Waals surface area contributed by atoms with Crippen LogP contribution in [0, 0.1) is 11.8 Å². The average molecular weight is 257 g/mol. The first-order valence-electron chi connectivity index (χ1n) is 7.82. The van der Waals surface area contributed by atoms with E-state index in [1.807, 2.05) is 6.20 Å². The Morgan fingerprint density at radius 2 is 1.95 bits per heavy atom. The molecule has 2 atom stereocenters. The van der Waals surface area contributed by atoms with Gasteiger partial charge < -0.3 is 10.2 Å². The maximum Gasteiger partial charge on any atom is 0.128 e.